The zero-order valence-corrected chi connectivity index (χ0v) is 11.7. The van der Waals surface area contributed by atoms with Gasteiger partial charge in [0.1, 0.15) is 5.82 Å². The summed E-state index contributed by atoms with van der Waals surface area (Å²) in [6.07, 6.45) is -0.0355. The molecule has 0 atom stereocenters. The topological polar surface area (TPSA) is 17.1 Å². The van der Waals surface area contributed by atoms with Crippen LogP contribution in [0.5, 0.6) is 0 Å². The fourth-order valence-electron chi connectivity index (χ4n) is 1.80. The molecule has 0 saturated carbocycles. The highest BCUT2D eigenvalue weighted by Gasteiger charge is 2.14. The minimum atomic E-state index is -0.482. The van der Waals surface area contributed by atoms with Crippen LogP contribution in [0, 0.1) is 12.7 Å². The van der Waals surface area contributed by atoms with E-state index in [2.05, 4.69) is 0 Å². The average Bonchev–Trinajstić information content (AvgIpc) is 2.36. The first kappa shape index (κ1) is 14.0. The Bertz CT molecular complexity index is 638. The number of rotatable bonds is 3. The maximum atomic E-state index is 13.6. The Hall–Kier alpha value is -1.38. The summed E-state index contributed by atoms with van der Waals surface area (Å²) in [6, 6.07) is 9.49. The van der Waals surface area contributed by atoms with Gasteiger partial charge in [0.25, 0.3) is 0 Å². The summed E-state index contributed by atoms with van der Waals surface area (Å²) in [6.45, 7) is 1.82. The van der Waals surface area contributed by atoms with Crippen LogP contribution in [0.2, 0.25) is 10.0 Å². The second kappa shape index (κ2) is 5.72. The quantitative estimate of drug-likeness (QED) is 0.739. The van der Waals surface area contributed by atoms with Crippen molar-refractivity contribution in [2.24, 2.45) is 0 Å². The zero-order chi connectivity index (χ0) is 14.0. The van der Waals surface area contributed by atoms with Crippen LogP contribution in [0.4, 0.5) is 4.39 Å². The Morgan fingerprint density at radius 1 is 1.21 bits per heavy atom. The number of carbonyl (C=O) groups is 1. The lowest BCUT2D eigenvalue weighted by molar-refractivity contribution is 0.0992. The SMILES string of the molecule is Cc1cccc(C(=O)Cc2ccc(Cl)cc2F)c1Cl. The third kappa shape index (κ3) is 3.14. The van der Waals surface area contributed by atoms with Crippen molar-refractivity contribution in [1.29, 1.82) is 0 Å². The molecular formula is C15H11Cl2FO. The molecule has 0 heterocycles. The van der Waals surface area contributed by atoms with Gasteiger partial charge >= 0.3 is 0 Å². The standard InChI is InChI=1S/C15H11Cl2FO/c1-9-3-2-4-12(15(9)17)14(19)7-10-5-6-11(16)8-13(10)18/h2-6,8H,7H2,1H3. The molecule has 19 heavy (non-hydrogen) atoms. The largest absolute Gasteiger partial charge is 0.294 e. The van der Waals surface area contributed by atoms with Gasteiger partial charge in [-0.25, -0.2) is 4.39 Å². The number of Topliss-reactive ketones (excluding diaryl/α,β-unsaturated/α-hetero) is 1. The summed E-state index contributed by atoms with van der Waals surface area (Å²) < 4.78 is 13.6. The third-order valence-electron chi connectivity index (χ3n) is 2.86. The molecule has 0 radical (unpaired) electrons. The van der Waals surface area contributed by atoms with Gasteiger partial charge in [0.15, 0.2) is 5.78 Å². The molecule has 0 aliphatic heterocycles. The molecule has 0 unspecified atom stereocenters. The molecule has 4 heteroatoms. The van der Waals surface area contributed by atoms with Crippen molar-refractivity contribution < 1.29 is 9.18 Å². The summed E-state index contributed by atoms with van der Waals surface area (Å²) >= 11 is 11.8. The van der Waals surface area contributed by atoms with E-state index in [-0.39, 0.29) is 12.2 Å². The van der Waals surface area contributed by atoms with E-state index in [1.165, 1.54) is 12.1 Å². The van der Waals surface area contributed by atoms with Crippen LogP contribution in [0.25, 0.3) is 0 Å². The molecule has 0 fully saturated rings. The number of ketones is 1. The summed E-state index contributed by atoms with van der Waals surface area (Å²) in [5.41, 5.74) is 1.55. The molecule has 0 bridgehead atoms. The molecule has 0 spiro atoms. The van der Waals surface area contributed by atoms with Crippen molar-refractivity contribution in [3.8, 4) is 0 Å². The fraction of sp³-hybridized carbons (Fsp3) is 0.133. The van der Waals surface area contributed by atoms with E-state index in [1.54, 1.807) is 18.2 Å². The van der Waals surface area contributed by atoms with Crippen molar-refractivity contribution >= 4 is 29.0 Å². The van der Waals surface area contributed by atoms with Crippen LogP contribution in [-0.4, -0.2) is 5.78 Å². The van der Waals surface area contributed by atoms with Gasteiger partial charge in [-0.3, -0.25) is 4.79 Å². The maximum Gasteiger partial charge on any atom is 0.168 e. The normalized spacial score (nSPS) is 10.5. The minimum Gasteiger partial charge on any atom is -0.294 e. The molecule has 2 aromatic rings. The lowest BCUT2D eigenvalue weighted by atomic mass is 10.0. The smallest absolute Gasteiger partial charge is 0.168 e. The highest BCUT2D eigenvalue weighted by Crippen LogP contribution is 2.23. The Labute approximate surface area is 121 Å². The Balaban J connectivity index is 2.28. The molecule has 1 nitrogen and oxygen atoms in total. The van der Waals surface area contributed by atoms with Crippen molar-refractivity contribution in [3.05, 3.63) is 69.0 Å². The molecule has 0 aromatic heterocycles. The van der Waals surface area contributed by atoms with Gasteiger partial charge in [0, 0.05) is 17.0 Å². The number of aryl methyl sites for hydroxylation is 1. The van der Waals surface area contributed by atoms with E-state index in [0.29, 0.717) is 21.2 Å². The maximum absolute atomic E-state index is 13.6. The van der Waals surface area contributed by atoms with E-state index < -0.39 is 5.82 Å². The van der Waals surface area contributed by atoms with Gasteiger partial charge in [0.2, 0.25) is 0 Å². The molecule has 0 saturated heterocycles. The number of hydrogen-bond acceptors (Lipinski definition) is 1. The highest BCUT2D eigenvalue weighted by molar-refractivity contribution is 6.34. The lowest BCUT2D eigenvalue weighted by Crippen LogP contribution is -2.06. The van der Waals surface area contributed by atoms with Crippen LogP contribution in [0.3, 0.4) is 0 Å². The van der Waals surface area contributed by atoms with Gasteiger partial charge < -0.3 is 0 Å². The number of halogens is 3. The average molecular weight is 297 g/mol. The number of carbonyl (C=O) groups excluding carboxylic acids is 1. The zero-order valence-electron chi connectivity index (χ0n) is 10.2. The molecule has 0 aliphatic carbocycles. The molecule has 2 aromatic carbocycles. The van der Waals surface area contributed by atoms with Gasteiger partial charge in [-0.05, 0) is 36.2 Å². The van der Waals surface area contributed by atoms with Crippen molar-refractivity contribution in [3.63, 3.8) is 0 Å². The first-order valence-electron chi connectivity index (χ1n) is 5.71. The summed E-state index contributed by atoms with van der Waals surface area (Å²) in [5.74, 6) is -0.695. The van der Waals surface area contributed by atoms with Gasteiger partial charge in [-0.2, -0.15) is 0 Å². The Morgan fingerprint density at radius 3 is 2.63 bits per heavy atom. The van der Waals surface area contributed by atoms with Crippen LogP contribution < -0.4 is 0 Å². The van der Waals surface area contributed by atoms with Gasteiger partial charge in [0.05, 0.1) is 5.02 Å². The van der Waals surface area contributed by atoms with Crippen LogP contribution in [0.1, 0.15) is 21.5 Å². The summed E-state index contributed by atoms with van der Waals surface area (Å²) in [7, 11) is 0. The highest BCUT2D eigenvalue weighted by atomic mass is 35.5. The van der Waals surface area contributed by atoms with E-state index >= 15 is 0 Å². The third-order valence-corrected chi connectivity index (χ3v) is 3.60. The lowest BCUT2D eigenvalue weighted by Gasteiger charge is -2.07. The first-order valence-corrected chi connectivity index (χ1v) is 6.47. The number of hydrogen-bond donors (Lipinski definition) is 0. The molecule has 0 aliphatic rings. The van der Waals surface area contributed by atoms with Crippen molar-refractivity contribution in [2.45, 2.75) is 13.3 Å². The molecular weight excluding hydrogens is 286 g/mol. The van der Waals surface area contributed by atoms with Crippen LogP contribution in [-0.2, 0) is 6.42 Å². The van der Waals surface area contributed by atoms with Gasteiger partial charge in [-0.15, -0.1) is 0 Å². The molecule has 2 rings (SSSR count). The van der Waals surface area contributed by atoms with Crippen LogP contribution in [0.15, 0.2) is 36.4 Å². The van der Waals surface area contributed by atoms with Crippen molar-refractivity contribution in [1.82, 2.24) is 0 Å². The van der Waals surface area contributed by atoms with Gasteiger partial charge in [-0.1, -0.05) is 41.4 Å². The second-order valence-corrected chi connectivity index (χ2v) is 5.09. The minimum absolute atomic E-state index is 0.0355. The summed E-state index contributed by atoms with van der Waals surface area (Å²) in [5, 5.41) is 0.726. The van der Waals surface area contributed by atoms with Crippen molar-refractivity contribution in [2.75, 3.05) is 0 Å². The predicted molar refractivity (Wildman–Crippen MR) is 75.6 cm³/mol. The van der Waals surface area contributed by atoms with Crippen LogP contribution >= 0.6 is 23.2 Å². The Morgan fingerprint density at radius 2 is 1.95 bits per heavy atom. The number of benzene rings is 2. The molecule has 98 valence electrons. The predicted octanol–water partition coefficient (Wildman–Crippen LogP) is 4.87. The van der Waals surface area contributed by atoms with E-state index in [0.717, 1.165) is 5.56 Å². The Kier molecular flexibility index (Phi) is 4.23. The fourth-order valence-corrected chi connectivity index (χ4v) is 2.19. The molecule has 0 amide bonds. The second-order valence-electron chi connectivity index (χ2n) is 4.27. The summed E-state index contributed by atoms with van der Waals surface area (Å²) in [4.78, 5) is 12.1. The first-order chi connectivity index (χ1) is 8.99. The monoisotopic (exact) mass is 296 g/mol. The van der Waals surface area contributed by atoms with E-state index in [4.69, 9.17) is 23.2 Å². The molecule has 0 N–H and O–H groups in total. The van der Waals surface area contributed by atoms with E-state index in [9.17, 15) is 9.18 Å². The van der Waals surface area contributed by atoms with E-state index in [1.807, 2.05) is 13.0 Å².